The average molecular weight is 458 g/mol. The van der Waals surface area contributed by atoms with Crippen LogP contribution in [0.4, 0.5) is 0 Å². The summed E-state index contributed by atoms with van der Waals surface area (Å²) >= 11 is 0. The van der Waals surface area contributed by atoms with Crippen molar-refractivity contribution in [3.63, 3.8) is 0 Å². The molecule has 4 fully saturated rings. The lowest BCUT2D eigenvalue weighted by molar-refractivity contribution is -0.0698. The quantitative estimate of drug-likeness (QED) is 0.553. The fourth-order valence-electron chi connectivity index (χ4n) is 7.69. The summed E-state index contributed by atoms with van der Waals surface area (Å²) in [7, 11) is 0. The van der Waals surface area contributed by atoms with Crippen molar-refractivity contribution < 1.29 is 14.9 Å². The van der Waals surface area contributed by atoms with Crippen LogP contribution in [0.15, 0.2) is 35.5 Å². The summed E-state index contributed by atoms with van der Waals surface area (Å²) < 4.78 is 5.92. The van der Waals surface area contributed by atoms with Crippen LogP contribution < -0.4 is 0 Å². The maximum absolute atomic E-state index is 10.2. The Morgan fingerprint density at radius 1 is 1.12 bits per heavy atom. The van der Waals surface area contributed by atoms with Crippen LogP contribution in [-0.2, 0) is 4.74 Å². The maximum atomic E-state index is 10.2. The van der Waals surface area contributed by atoms with Gasteiger partial charge in [-0.2, -0.15) is 0 Å². The molecule has 4 heteroatoms. The smallest absolute Gasteiger partial charge is 0.0809 e. The molecule has 0 bridgehead atoms. The molecule has 3 saturated carbocycles. The molecule has 1 heterocycles. The summed E-state index contributed by atoms with van der Waals surface area (Å²) in [6.07, 6.45) is 13.1. The second-order valence-electron chi connectivity index (χ2n) is 12.0. The fourth-order valence-corrected chi connectivity index (χ4v) is 7.69. The number of rotatable bonds is 5. The minimum absolute atomic E-state index is 0.349. The van der Waals surface area contributed by atoms with Crippen LogP contribution in [0.1, 0.15) is 79.1 Å². The van der Waals surface area contributed by atoms with E-state index in [-0.39, 0.29) is 0 Å². The molecule has 1 saturated heterocycles. The molecule has 33 heavy (non-hydrogen) atoms. The van der Waals surface area contributed by atoms with Gasteiger partial charge in [0, 0.05) is 13.1 Å². The van der Waals surface area contributed by atoms with E-state index in [0.717, 1.165) is 30.5 Å². The second-order valence-corrected chi connectivity index (χ2v) is 12.0. The number of aliphatic hydroxyl groups excluding tert-OH is 2. The van der Waals surface area contributed by atoms with Gasteiger partial charge in [-0.3, -0.25) is 4.90 Å². The number of morpholine rings is 1. The molecule has 1 unspecified atom stereocenters. The molecule has 0 amide bonds. The summed E-state index contributed by atoms with van der Waals surface area (Å²) in [5, 5.41) is 20.4. The minimum atomic E-state index is -0.607. The number of hydrogen-bond acceptors (Lipinski definition) is 4. The zero-order valence-corrected chi connectivity index (χ0v) is 21.4. The molecule has 2 N–H and O–H groups in total. The van der Waals surface area contributed by atoms with Gasteiger partial charge in [-0.05, 0) is 101 Å². The summed E-state index contributed by atoms with van der Waals surface area (Å²) in [6.45, 7) is 16.6. The summed E-state index contributed by atoms with van der Waals surface area (Å²) in [6, 6.07) is 0. The first kappa shape index (κ1) is 25.2. The van der Waals surface area contributed by atoms with Gasteiger partial charge in [0.05, 0.1) is 24.4 Å². The van der Waals surface area contributed by atoms with E-state index in [9.17, 15) is 10.2 Å². The normalized spacial score (nSPS) is 42.4. The molecule has 4 nitrogen and oxygen atoms in total. The van der Waals surface area contributed by atoms with Crippen LogP contribution >= 0.6 is 0 Å². The molecule has 4 rings (SSSR count). The van der Waals surface area contributed by atoms with Gasteiger partial charge in [-0.1, -0.05) is 43.7 Å². The number of fused-ring (bicyclic) bond motifs is 1. The first-order valence-corrected chi connectivity index (χ1v) is 13.5. The third-order valence-electron chi connectivity index (χ3n) is 9.42. The molecule has 4 aliphatic rings. The van der Waals surface area contributed by atoms with E-state index in [1.54, 1.807) is 5.57 Å². The van der Waals surface area contributed by atoms with Crippen molar-refractivity contribution in [3.8, 4) is 0 Å². The lowest BCUT2D eigenvalue weighted by atomic mass is 9.61. The summed E-state index contributed by atoms with van der Waals surface area (Å²) in [5.41, 5.74) is 3.74. The zero-order valence-electron chi connectivity index (χ0n) is 21.4. The number of hydrogen-bond donors (Lipinski definition) is 2. The summed E-state index contributed by atoms with van der Waals surface area (Å²) in [5.74, 6) is 2.24. The first-order chi connectivity index (χ1) is 15.7. The van der Waals surface area contributed by atoms with Gasteiger partial charge in [0.15, 0.2) is 0 Å². The van der Waals surface area contributed by atoms with Crippen molar-refractivity contribution in [2.75, 3.05) is 19.6 Å². The molecular weight excluding hydrogens is 410 g/mol. The highest BCUT2D eigenvalue weighted by Crippen LogP contribution is 2.59. The van der Waals surface area contributed by atoms with E-state index >= 15 is 0 Å². The van der Waals surface area contributed by atoms with Crippen molar-refractivity contribution in [2.24, 2.45) is 23.2 Å². The van der Waals surface area contributed by atoms with Gasteiger partial charge >= 0.3 is 0 Å². The van der Waals surface area contributed by atoms with E-state index in [0.29, 0.717) is 42.0 Å². The van der Waals surface area contributed by atoms with E-state index in [1.165, 1.54) is 45.1 Å². The van der Waals surface area contributed by atoms with Gasteiger partial charge in [-0.25, -0.2) is 0 Å². The third-order valence-corrected chi connectivity index (χ3v) is 9.42. The zero-order chi connectivity index (χ0) is 23.8. The molecule has 3 aliphatic carbocycles. The van der Waals surface area contributed by atoms with E-state index in [4.69, 9.17) is 4.74 Å². The van der Waals surface area contributed by atoms with Crippen LogP contribution in [0.25, 0.3) is 0 Å². The Morgan fingerprint density at radius 3 is 2.45 bits per heavy atom. The predicted molar refractivity (Wildman–Crippen MR) is 135 cm³/mol. The topological polar surface area (TPSA) is 52.9 Å². The van der Waals surface area contributed by atoms with E-state index in [2.05, 4.69) is 51.3 Å². The molecule has 8 atom stereocenters. The Morgan fingerprint density at radius 2 is 1.79 bits per heavy atom. The maximum Gasteiger partial charge on any atom is 0.0809 e. The van der Waals surface area contributed by atoms with E-state index in [1.807, 2.05) is 0 Å². The second kappa shape index (κ2) is 10.4. The SMILES string of the molecule is C=C1[C@H](O)CC(=CC=C2CCC[C@]3(C)[C@@H](C(C)CCN4C[C@@H](C)O[C@@H](C)C4)CC[C@@H]23)C[C@H]1O. The Labute approximate surface area is 201 Å². The summed E-state index contributed by atoms with van der Waals surface area (Å²) in [4.78, 5) is 2.62. The monoisotopic (exact) mass is 457 g/mol. The van der Waals surface area contributed by atoms with Crippen molar-refractivity contribution in [1.29, 1.82) is 0 Å². The Bertz CT molecular complexity index is 747. The van der Waals surface area contributed by atoms with Crippen LogP contribution in [0.5, 0.6) is 0 Å². The molecule has 0 aromatic heterocycles. The van der Waals surface area contributed by atoms with Gasteiger partial charge in [0.25, 0.3) is 0 Å². The molecule has 0 aromatic rings. The minimum Gasteiger partial charge on any atom is -0.388 e. The highest BCUT2D eigenvalue weighted by Gasteiger charge is 2.50. The van der Waals surface area contributed by atoms with E-state index < -0.39 is 12.2 Å². The number of aliphatic hydroxyl groups is 2. The standard InChI is InChI=1S/C29H47NO3/c1-19(12-14-30-17-20(2)33-21(3)18-30)25-10-11-26-24(7-6-13-29(25,26)5)9-8-23-15-27(31)22(4)28(32)16-23/h8-9,19-21,25-28,31-32H,4,6-7,10-18H2,1-3,5H3/t19?,20-,21+,25-,26+,27-,28-,29-/m1/s1. The van der Waals surface area contributed by atoms with Gasteiger partial charge in [0.2, 0.25) is 0 Å². The lowest BCUT2D eigenvalue weighted by Gasteiger charge is -2.45. The van der Waals surface area contributed by atoms with Gasteiger partial charge < -0.3 is 14.9 Å². The van der Waals surface area contributed by atoms with Crippen molar-refractivity contribution in [3.05, 3.63) is 35.5 Å². The Kier molecular flexibility index (Phi) is 7.90. The molecule has 0 radical (unpaired) electrons. The molecule has 186 valence electrons. The van der Waals surface area contributed by atoms with Gasteiger partial charge in [0.1, 0.15) is 0 Å². The molecule has 0 aromatic carbocycles. The predicted octanol–water partition coefficient (Wildman–Crippen LogP) is 5.26. The van der Waals surface area contributed by atoms with Crippen LogP contribution in [-0.4, -0.2) is 59.2 Å². The highest BCUT2D eigenvalue weighted by atomic mass is 16.5. The van der Waals surface area contributed by atoms with Crippen LogP contribution in [0.2, 0.25) is 0 Å². The fraction of sp³-hybridized carbons (Fsp3) is 0.793. The Balaban J connectivity index is 1.39. The van der Waals surface area contributed by atoms with Crippen molar-refractivity contribution in [1.82, 2.24) is 4.90 Å². The molecule has 0 spiro atoms. The number of ether oxygens (including phenoxy) is 1. The largest absolute Gasteiger partial charge is 0.388 e. The first-order valence-electron chi connectivity index (χ1n) is 13.5. The number of nitrogens with zero attached hydrogens (tertiary/aromatic N) is 1. The van der Waals surface area contributed by atoms with Crippen molar-refractivity contribution >= 4 is 0 Å². The van der Waals surface area contributed by atoms with Crippen LogP contribution in [0.3, 0.4) is 0 Å². The highest BCUT2D eigenvalue weighted by molar-refractivity contribution is 5.29. The lowest BCUT2D eigenvalue weighted by Crippen LogP contribution is -2.46. The van der Waals surface area contributed by atoms with Gasteiger partial charge in [-0.15, -0.1) is 0 Å². The Hall–Kier alpha value is -0.940. The third kappa shape index (κ3) is 5.50. The average Bonchev–Trinajstić information content (AvgIpc) is 3.11. The molecular formula is C29H47NO3. The number of allylic oxidation sites excluding steroid dienone is 3. The van der Waals surface area contributed by atoms with Crippen molar-refractivity contribution in [2.45, 2.75) is 103 Å². The van der Waals surface area contributed by atoms with Crippen LogP contribution in [0, 0.1) is 23.2 Å². The molecule has 1 aliphatic heterocycles.